The minimum absolute atomic E-state index is 0.106. The summed E-state index contributed by atoms with van der Waals surface area (Å²) in [4.78, 5) is 22.6. The molecule has 0 saturated heterocycles. The van der Waals surface area contributed by atoms with E-state index < -0.39 is 0 Å². The molecule has 1 amide bonds. The van der Waals surface area contributed by atoms with Gasteiger partial charge in [-0.25, -0.2) is 0 Å². The molecule has 4 nitrogen and oxygen atoms in total. The molecule has 4 heteroatoms. The Bertz CT molecular complexity index is 898. The third kappa shape index (κ3) is 3.64. The summed E-state index contributed by atoms with van der Waals surface area (Å²) in [6.45, 7) is 6.28. The lowest BCUT2D eigenvalue weighted by Crippen LogP contribution is -2.37. The van der Waals surface area contributed by atoms with Gasteiger partial charge in [0.2, 0.25) is 5.91 Å². The fourth-order valence-electron chi connectivity index (χ4n) is 3.47. The zero-order valence-electron chi connectivity index (χ0n) is 16.0. The highest BCUT2D eigenvalue weighted by Crippen LogP contribution is 2.26. The second-order valence-corrected chi connectivity index (χ2v) is 6.98. The van der Waals surface area contributed by atoms with Gasteiger partial charge in [-0.15, -0.1) is 0 Å². The number of fused-ring (bicyclic) bond motifs is 1. The predicted molar refractivity (Wildman–Crippen MR) is 106 cm³/mol. The number of aromatic nitrogens is 2. The SMILES string of the molecule is CCc1cccc2c(CC(=O)N(C)[C@@H](C)Cc3ccccn3)c(C)[nH]c12. The van der Waals surface area contributed by atoms with Gasteiger partial charge in [0.15, 0.2) is 0 Å². The third-order valence-corrected chi connectivity index (χ3v) is 5.24. The number of benzene rings is 1. The molecular weight excluding hydrogens is 322 g/mol. The molecule has 136 valence electrons. The van der Waals surface area contributed by atoms with Crippen molar-refractivity contribution >= 4 is 16.8 Å². The van der Waals surface area contributed by atoms with Gasteiger partial charge in [-0.05, 0) is 43.5 Å². The van der Waals surface area contributed by atoms with Crippen LogP contribution in [0.25, 0.3) is 10.9 Å². The number of pyridine rings is 1. The Balaban J connectivity index is 1.77. The number of aryl methyl sites for hydroxylation is 2. The minimum Gasteiger partial charge on any atom is -0.358 e. The van der Waals surface area contributed by atoms with Gasteiger partial charge in [-0.3, -0.25) is 9.78 Å². The van der Waals surface area contributed by atoms with Crippen molar-refractivity contribution in [1.29, 1.82) is 0 Å². The van der Waals surface area contributed by atoms with Gasteiger partial charge in [0.1, 0.15) is 0 Å². The second kappa shape index (κ2) is 7.73. The van der Waals surface area contributed by atoms with E-state index in [9.17, 15) is 4.79 Å². The molecule has 1 N–H and O–H groups in total. The van der Waals surface area contributed by atoms with Gasteiger partial charge < -0.3 is 9.88 Å². The quantitative estimate of drug-likeness (QED) is 0.729. The molecule has 1 atom stereocenters. The molecule has 2 aromatic heterocycles. The molecule has 0 spiro atoms. The van der Waals surface area contributed by atoms with E-state index in [0.717, 1.165) is 29.8 Å². The van der Waals surface area contributed by atoms with E-state index >= 15 is 0 Å². The molecule has 0 radical (unpaired) electrons. The minimum atomic E-state index is 0.106. The number of hydrogen-bond acceptors (Lipinski definition) is 2. The smallest absolute Gasteiger partial charge is 0.227 e. The first-order valence-electron chi connectivity index (χ1n) is 9.25. The lowest BCUT2D eigenvalue weighted by Gasteiger charge is -2.25. The summed E-state index contributed by atoms with van der Waals surface area (Å²) < 4.78 is 0. The number of amides is 1. The Hall–Kier alpha value is -2.62. The van der Waals surface area contributed by atoms with Crippen LogP contribution in [0.1, 0.15) is 36.4 Å². The predicted octanol–water partition coefficient (Wildman–Crippen LogP) is 4.07. The van der Waals surface area contributed by atoms with Crippen LogP contribution in [0.5, 0.6) is 0 Å². The van der Waals surface area contributed by atoms with Crippen molar-refractivity contribution in [1.82, 2.24) is 14.9 Å². The number of para-hydroxylation sites is 1. The fourth-order valence-corrected chi connectivity index (χ4v) is 3.47. The summed E-state index contributed by atoms with van der Waals surface area (Å²) >= 11 is 0. The summed E-state index contributed by atoms with van der Waals surface area (Å²) in [7, 11) is 1.89. The maximum absolute atomic E-state index is 12.9. The van der Waals surface area contributed by atoms with Crippen LogP contribution in [0.2, 0.25) is 0 Å². The Morgan fingerprint density at radius 3 is 2.73 bits per heavy atom. The van der Waals surface area contributed by atoms with Gasteiger partial charge in [0.25, 0.3) is 0 Å². The standard InChI is InChI=1S/C22H27N3O/c1-5-17-9-8-11-19-20(16(3)24-22(17)19)14-21(26)25(4)15(2)13-18-10-6-7-12-23-18/h6-12,15,24H,5,13-14H2,1-4H3/t15-/m0/s1. The van der Waals surface area contributed by atoms with Gasteiger partial charge in [0.05, 0.1) is 6.42 Å². The molecule has 3 rings (SSSR count). The van der Waals surface area contributed by atoms with Crippen molar-refractivity contribution in [2.24, 2.45) is 0 Å². The molecule has 3 aromatic rings. The monoisotopic (exact) mass is 349 g/mol. The molecule has 0 aliphatic carbocycles. The van der Waals surface area contributed by atoms with E-state index in [1.54, 1.807) is 6.20 Å². The third-order valence-electron chi connectivity index (χ3n) is 5.24. The van der Waals surface area contributed by atoms with E-state index in [-0.39, 0.29) is 11.9 Å². The largest absolute Gasteiger partial charge is 0.358 e. The van der Waals surface area contributed by atoms with E-state index in [1.165, 1.54) is 16.5 Å². The molecule has 26 heavy (non-hydrogen) atoms. The highest BCUT2D eigenvalue weighted by molar-refractivity contribution is 5.91. The lowest BCUT2D eigenvalue weighted by molar-refractivity contribution is -0.130. The number of H-pyrrole nitrogens is 1. The Labute approximate surface area is 155 Å². The highest BCUT2D eigenvalue weighted by atomic mass is 16.2. The molecule has 0 bridgehead atoms. The van der Waals surface area contributed by atoms with Crippen LogP contribution in [0.3, 0.4) is 0 Å². The Morgan fingerprint density at radius 1 is 1.23 bits per heavy atom. The van der Waals surface area contributed by atoms with Gasteiger partial charge in [0, 0.05) is 48.0 Å². The normalized spacial score (nSPS) is 12.3. The van der Waals surface area contributed by atoms with Crippen molar-refractivity contribution in [3.05, 3.63) is 65.1 Å². The first kappa shape index (κ1) is 18.2. The highest BCUT2D eigenvalue weighted by Gasteiger charge is 2.20. The summed E-state index contributed by atoms with van der Waals surface area (Å²) in [6, 6.07) is 12.3. The molecule has 0 saturated carbocycles. The molecule has 0 fully saturated rings. The first-order chi connectivity index (χ1) is 12.5. The number of likely N-dealkylation sites (N-methyl/N-ethyl adjacent to an activating group) is 1. The summed E-state index contributed by atoms with van der Waals surface area (Å²) in [5, 5.41) is 1.17. The second-order valence-electron chi connectivity index (χ2n) is 6.98. The van der Waals surface area contributed by atoms with E-state index in [4.69, 9.17) is 0 Å². The summed E-state index contributed by atoms with van der Waals surface area (Å²) in [6.07, 6.45) is 3.95. The van der Waals surface area contributed by atoms with Crippen molar-refractivity contribution in [2.75, 3.05) is 7.05 Å². The number of nitrogens with zero attached hydrogens (tertiary/aromatic N) is 2. The zero-order valence-corrected chi connectivity index (χ0v) is 16.0. The van der Waals surface area contributed by atoms with Crippen LogP contribution in [-0.4, -0.2) is 33.9 Å². The number of aromatic amines is 1. The molecule has 2 heterocycles. The lowest BCUT2D eigenvalue weighted by atomic mass is 10.0. The Kier molecular flexibility index (Phi) is 5.40. The van der Waals surface area contributed by atoms with Crippen LogP contribution in [-0.2, 0) is 24.1 Å². The topological polar surface area (TPSA) is 49.0 Å². The van der Waals surface area contributed by atoms with Crippen molar-refractivity contribution in [2.45, 2.75) is 46.1 Å². The van der Waals surface area contributed by atoms with Crippen LogP contribution in [0, 0.1) is 6.92 Å². The average molecular weight is 349 g/mol. The van der Waals surface area contributed by atoms with E-state index in [0.29, 0.717) is 6.42 Å². The first-order valence-corrected chi connectivity index (χ1v) is 9.25. The molecular formula is C22H27N3O. The number of carbonyl (C=O) groups is 1. The van der Waals surface area contributed by atoms with Gasteiger partial charge in [-0.2, -0.15) is 0 Å². The summed E-state index contributed by atoms with van der Waals surface area (Å²) in [5.41, 5.74) is 5.66. The van der Waals surface area contributed by atoms with Gasteiger partial charge in [-0.1, -0.05) is 31.2 Å². The molecule has 1 aromatic carbocycles. The zero-order chi connectivity index (χ0) is 18.7. The molecule has 0 unspecified atom stereocenters. The fraction of sp³-hybridized carbons (Fsp3) is 0.364. The number of rotatable bonds is 6. The number of nitrogens with one attached hydrogen (secondary N) is 1. The van der Waals surface area contributed by atoms with Crippen molar-refractivity contribution in [3.63, 3.8) is 0 Å². The van der Waals surface area contributed by atoms with Crippen molar-refractivity contribution in [3.8, 4) is 0 Å². The number of hydrogen-bond donors (Lipinski definition) is 1. The van der Waals surface area contributed by atoms with E-state index in [2.05, 4.69) is 48.9 Å². The average Bonchev–Trinajstić information content (AvgIpc) is 2.97. The van der Waals surface area contributed by atoms with Crippen LogP contribution >= 0.6 is 0 Å². The molecule has 0 aliphatic rings. The van der Waals surface area contributed by atoms with Crippen LogP contribution in [0.4, 0.5) is 0 Å². The van der Waals surface area contributed by atoms with Crippen LogP contribution in [0.15, 0.2) is 42.6 Å². The summed E-state index contributed by atoms with van der Waals surface area (Å²) in [5.74, 6) is 0.138. The van der Waals surface area contributed by atoms with Crippen LogP contribution < -0.4 is 0 Å². The molecule has 0 aliphatic heterocycles. The van der Waals surface area contributed by atoms with Crippen molar-refractivity contribution < 1.29 is 4.79 Å². The maximum atomic E-state index is 12.9. The Morgan fingerprint density at radius 2 is 2.04 bits per heavy atom. The van der Waals surface area contributed by atoms with E-state index in [1.807, 2.05) is 30.1 Å². The van der Waals surface area contributed by atoms with Gasteiger partial charge >= 0.3 is 0 Å². The maximum Gasteiger partial charge on any atom is 0.227 e. The number of carbonyl (C=O) groups excluding carboxylic acids is 1.